The Hall–Kier alpha value is -3.15. The Balaban J connectivity index is 1.40. The average Bonchev–Trinajstić information content (AvgIpc) is 3.16. The molecule has 174 valence electrons. The lowest BCUT2D eigenvalue weighted by Crippen LogP contribution is -2.39. The van der Waals surface area contributed by atoms with E-state index >= 15 is 0 Å². The van der Waals surface area contributed by atoms with Crippen LogP contribution < -0.4 is 5.32 Å². The fraction of sp³-hybridized carbons (Fsp3) is 0.444. The van der Waals surface area contributed by atoms with Crippen molar-refractivity contribution in [1.82, 2.24) is 15.2 Å². The second kappa shape index (κ2) is 9.77. The molecule has 33 heavy (non-hydrogen) atoms. The topological polar surface area (TPSA) is 71.5 Å². The van der Waals surface area contributed by atoms with E-state index in [0.29, 0.717) is 13.0 Å². The maximum absolute atomic E-state index is 13.3. The maximum atomic E-state index is 13.3. The quantitative estimate of drug-likeness (QED) is 0.629. The molecule has 1 aromatic heterocycles. The van der Waals surface area contributed by atoms with Crippen LogP contribution in [0.4, 0.5) is 4.79 Å². The molecule has 6 nitrogen and oxygen atoms in total. The first-order chi connectivity index (χ1) is 15.8. The Morgan fingerprint density at radius 1 is 1.12 bits per heavy atom. The molecule has 2 aromatic rings. The number of hydrogen-bond acceptors (Lipinski definition) is 4. The SMILES string of the molecule is CC(C)(C)OC(=O)NCCCCC(=O)N1CCC2=C(Cc3ccccc32)C1c1ccncc1. The summed E-state index contributed by atoms with van der Waals surface area (Å²) in [5.74, 6) is 0.164. The number of carbonyl (C=O) groups is 2. The van der Waals surface area contributed by atoms with Gasteiger partial charge < -0.3 is 15.0 Å². The summed E-state index contributed by atoms with van der Waals surface area (Å²) in [6.07, 6.45) is 6.89. The summed E-state index contributed by atoms with van der Waals surface area (Å²) in [5.41, 5.74) is 6.04. The Kier molecular flexibility index (Phi) is 6.82. The number of aromatic nitrogens is 1. The molecule has 2 amide bonds. The molecule has 6 heteroatoms. The Morgan fingerprint density at radius 2 is 1.88 bits per heavy atom. The summed E-state index contributed by atoms with van der Waals surface area (Å²) >= 11 is 0. The van der Waals surface area contributed by atoms with Gasteiger partial charge in [-0.15, -0.1) is 0 Å². The number of benzene rings is 1. The van der Waals surface area contributed by atoms with Crippen LogP contribution in [-0.2, 0) is 16.0 Å². The molecule has 1 aliphatic heterocycles. The van der Waals surface area contributed by atoms with Gasteiger partial charge in [0, 0.05) is 31.9 Å². The second-order valence-electron chi connectivity index (χ2n) is 9.74. The highest BCUT2D eigenvalue weighted by molar-refractivity contribution is 5.83. The number of amides is 2. The number of ether oxygens (including phenoxy) is 1. The first-order valence-corrected chi connectivity index (χ1v) is 11.8. The van der Waals surface area contributed by atoms with Gasteiger partial charge in [0.1, 0.15) is 5.60 Å². The third kappa shape index (κ3) is 5.44. The van der Waals surface area contributed by atoms with Gasteiger partial charge in [-0.1, -0.05) is 24.3 Å². The van der Waals surface area contributed by atoms with Crippen molar-refractivity contribution in [2.75, 3.05) is 13.1 Å². The van der Waals surface area contributed by atoms with Gasteiger partial charge in [-0.05, 0) is 86.4 Å². The number of carbonyl (C=O) groups excluding carboxylic acids is 2. The monoisotopic (exact) mass is 447 g/mol. The summed E-state index contributed by atoms with van der Waals surface area (Å²) in [4.78, 5) is 31.3. The number of fused-ring (bicyclic) bond motifs is 2. The summed E-state index contributed by atoms with van der Waals surface area (Å²) < 4.78 is 5.25. The number of unbranched alkanes of at least 4 members (excludes halogenated alkanes) is 1. The third-order valence-corrected chi connectivity index (χ3v) is 6.18. The molecule has 2 heterocycles. The Labute approximate surface area is 196 Å². The van der Waals surface area contributed by atoms with Crippen molar-refractivity contribution in [2.24, 2.45) is 0 Å². The first-order valence-electron chi connectivity index (χ1n) is 11.8. The van der Waals surface area contributed by atoms with Crippen molar-refractivity contribution < 1.29 is 14.3 Å². The molecule has 0 saturated heterocycles. The van der Waals surface area contributed by atoms with E-state index in [-0.39, 0.29) is 11.9 Å². The maximum Gasteiger partial charge on any atom is 0.407 e. The lowest BCUT2D eigenvalue weighted by atomic mass is 9.88. The number of hydrogen-bond donors (Lipinski definition) is 1. The summed E-state index contributed by atoms with van der Waals surface area (Å²) in [5, 5.41) is 2.77. The van der Waals surface area contributed by atoms with Crippen LogP contribution in [0.3, 0.4) is 0 Å². The molecule has 1 aliphatic carbocycles. The van der Waals surface area contributed by atoms with Gasteiger partial charge in [0.2, 0.25) is 5.91 Å². The second-order valence-corrected chi connectivity index (χ2v) is 9.74. The molecule has 0 fully saturated rings. The summed E-state index contributed by atoms with van der Waals surface area (Å²) in [6, 6.07) is 12.6. The van der Waals surface area contributed by atoms with Crippen molar-refractivity contribution in [3.63, 3.8) is 0 Å². The molecule has 0 saturated carbocycles. The highest BCUT2D eigenvalue weighted by atomic mass is 16.6. The third-order valence-electron chi connectivity index (χ3n) is 6.18. The van der Waals surface area contributed by atoms with Crippen LogP contribution in [0.1, 0.15) is 69.2 Å². The molecular formula is C27H33N3O3. The van der Waals surface area contributed by atoms with Crippen molar-refractivity contribution in [3.8, 4) is 0 Å². The molecule has 0 bridgehead atoms. The van der Waals surface area contributed by atoms with Gasteiger partial charge >= 0.3 is 6.09 Å². The minimum atomic E-state index is -0.510. The molecule has 1 unspecified atom stereocenters. The number of pyridine rings is 1. The Morgan fingerprint density at radius 3 is 2.64 bits per heavy atom. The van der Waals surface area contributed by atoms with Crippen molar-refractivity contribution in [3.05, 3.63) is 71.1 Å². The fourth-order valence-corrected chi connectivity index (χ4v) is 4.81. The fourth-order valence-electron chi connectivity index (χ4n) is 4.81. The zero-order valence-electron chi connectivity index (χ0n) is 19.8. The summed E-state index contributed by atoms with van der Waals surface area (Å²) in [7, 11) is 0. The van der Waals surface area contributed by atoms with E-state index < -0.39 is 11.7 Å². The van der Waals surface area contributed by atoms with E-state index in [0.717, 1.165) is 37.8 Å². The number of alkyl carbamates (subject to hydrolysis) is 1. The van der Waals surface area contributed by atoms with Crippen molar-refractivity contribution >= 4 is 17.6 Å². The van der Waals surface area contributed by atoms with Crippen LogP contribution >= 0.6 is 0 Å². The van der Waals surface area contributed by atoms with Crippen LogP contribution in [0.15, 0.2) is 54.4 Å². The molecular weight excluding hydrogens is 414 g/mol. The van der Waals surface area contributed by atoms with E-state index in [2.05, 4.69) is 34.6 Å². The number of nitrogens with one attached hydrogen (secondary N) is 1. The zero-order chi connectivity index (χ0) is 23.4. The molecule has 2 aliphatic rings. The van der Waals surface area contributed by atoms with E-state index in [1.165, 1.54) is 22.3 Å². The predicted octanol–water partition coefficient (Wildman–Crippen LogP) is 5.06. The van der Waals surface area contributed by atoms with E-state index in [1.54, 1.807) is 12.4 Å². The summed E-state index contributed by atoms with van der Waals surface area (Å²) in [6.45, 7) is 6.74. The zero-order valence-corrected chi connectivity index (χ0v) is 19.8. The molecule has 1 N–H and O–H groups in total. The lowest BCUT2D eigenvalue weighted by Gasteiger charge is -2.38. The molecule has 4 rings (SSSR count). The number of rotatable bonds is 6. The normalized spacial score (nSPS) is 17.4. The minimum absolute atomic E-state index is 0.0449. The van der Waals surface area contributed by atoms with Crippen LogP contribution in [0, 0.1) is 0 Å². The largest absolute Gasteiger partial charge is 0.444 e. The average molecular weight is 448 g/mol. The van der Waals surface area contributed by atoms with Gasteiger partial charge in [0.05, 0.1) is 6.04 Å². The standard InChI is InChI=1S/C27H33N3O3/c1-27(2,3)33-26(32)29-14-7-6-10-24(31)30-17-13-22-21-9-5-4-8-20(21)18-23(22)25(30)19-11-15-28-16-12-19/h4-5,8-9,11-12,15-16,25H,6-7,10,13-14,17-18H2,1-3H3,(H,29,32). The molecule has 1 atom stereocenters. The van der Waals surface area contributed by atoms with Crippen molar-refractivity contribution in [1.29, 1.82) is 0 Å². The van der Waals surface area contributed by atoms with E-state index in [4.69, 9.17) is 4.74 Å². The molecule has 0 radical (unpaired) electrons. The van der Waals surface area contributed by atoms with E-state index in [1.807, 2.05) is 37.8 Å². The molecule has 0 spiro atoms. The van der Waals surface area contributed by atoms with Gasteiger partial charge in [-0.2, -0.15) is 0 Å². The van der Waals surface area contributed by atoms with E-state index in [9.17, 15) is 9.59 Å². The predicted molar refractivity (Wildman–Crippen MR) is 128 cm³/mol. The lowest BCUT2D eigenvalue weighted by molar-refractivity contribution is -0.133. The van der Waals surface area contributed by atoms with Gasteiger partial charge in [0.15, 0.2) is 0 Å². The highest BCUT2D eigenvalue weighted by Gasteiger charge is 2.37. The van der Waals surface area contributed by atoms with Gasteiger partial charge in [0.25, 0.3) is 0 Å². The van der Waals surface area contributed by atoms with Crippen molar-refractivity contribution in [2.45, 2.75) is 64.5 Å². The van der Waals surface area contributed by atoms with Crippen LogP contribution in [0.5, 0.6) is 0 Å². The van der Waals surface area contributed by atoms with Crippen LogP contribution in [-0.4, -0.2) is 40.6 Å². The molecule has 1 aromatic carbocycles. The van der Waals surface area contributed by atoms with Crippen LogP contribution in [0.25, 0.3) is 5.57 Å². The Bertz CT molecular complexity index is 1040. The number of nitrogens with zero attached hydrogens (tertiary/aromatic N) is 2. The van der Waals surface area contributed by atoms with Crippen LogP contribution in [0.2, 0.25) is 0 Å². The van der Waals surface area contributed by atoms with Gasteiger partial charge in [-0.3, -0.25) is 9.78 Å². The van der Waals surface area contributed by atoms with Gasteiger partial charge in [-0.25, -0.2) is 4.79 Å². The highest BCUT2D eigenvalue weighted by Crippen LogP contribution is 2.46. The first kappa shape index (κ1) is 23.0. The minimum Gasteiger partial charge on any atom is -0.444 e. The smallest absolute Gasteiger partial charge is 0.407 e.